The van der Waals surface area contributed by atoms with Crippen molar-refractivity contribution < 1.29 is 13.2 Å². The number of rotatable bonds is 3. The quantitative estimate of drug-likeness (QED) is 0.860. The standard InChI is InChI=1S/C15H21BrN2O3S/c1-10(17)13-5-3-4-8-18(13)15(19)11-6-7-12(16)14(9-11)22(2,20)21/h6-7,9-10,13H,3-5,8,17H2,1-2H3/t10-,13+/m0/s1. The average Bonchev–Trinajstić information content (AvgIpc) is 2.45. The maximum absolute atomic E-state index is 12.8. The molecular weight excluding hydrogens is 368 g/mol. The molecule has 1 fully saturated rings. The number of hydrogen-bond donors (Lipinski definition) is 1. The van der Waals surface area contributed by atoms with Gasteiger partial charge in [-0.2, -0.15) is 0 Å². The van der Waals surface area contributed by atoms with E-state index in [4.69, 9.17) is 5.73 Å². The zero-order chi connectivity index (χ0) is 16.5. The summed E-state index contributed by atoms with van der Waals surface area (Å²) in [6.45, 7) is 2.56. The molecule has 0 saturated carbocycles. The maximum Gasteiger partial charge on any atom is 0.254 e. The fourth-order valence-electron chi connectivity index (χ4n) is 2.84. The number of likely N-dealkylation sites (tertiary alicyclic amines) is 1. The molecular formula is C15H21BrN2O3S. The molecule has 1 aromatic rings. The Balaban J connectivity index is 2.37. The van der Waals surface area contributed by atoms with Crippen molar-refractivity contribution in [3.8, 4) is 0 Å². The van der Waals surface area contributed by atoms with Gasteiger partial charge in [0, 0.05) is 34.9 Å². The van der Waals surface area contributed by atoms with Gasteiger partial charge in [0.05, 0.1) is 4.90 Å². The van der Waals surface area contributed by atoms with Crippen LogP contribution in [0.4, 0.5) is 0 Å². The zero-order valence-corrected chi connectivity index (χ0v) is 15.2. The van der Waals surface area contributed by atoms with E-state index in [1.54, 1.807) is 17.0 Å². The van der Waals surface area contributed by atoms with E-state index >= 15 is 0 Å². The van der Waals surface area contributed by atoms with Crippen molar-refractivity contribution in [1.82, 2.24) is 4.90 Å². The molecule has 122 valence electrons. The number of piperidine rings is 1. The summed E-state index contributed by atoms with van der Waals surface area (Å²) < 4.78 is 24.1. The molecule has 2 N–H and O–H groups in total. The molecule has 1 aromatic carbocycles. The summed E-state index contributed by atoms with van der Waals surface area (Å²) in [6, 6.07) is 4.59. The van der Waals surface area contributed by atoms with Gasteiger partial charge in [-0.05, 0) is 60.3 Å². The summed E-state index contributed by atoms with van der Waals surface area (Å²) in [5, 5.41) is 0. The van der Waals surface area contributed by atoms with Crippen molar-refractivity contribution in [2.24, 2.45) is 5.73 Å². The highest BCUT2D eigenvalue weighted by atomic mass is 79.9. The summed E-state index contributed by atoms with van der Waals surface area (Å²) >= 11 is 3.22. The van der Waals surface area contributed by atoms with Crippen molar-refractivity contribution in [3.05, 3.63) is 28.2 Å². The van der Waals surface area contributed by atoms with Crippen LogP contribution in [0.25, 0.3) is 0 Å². The zero-order valence-electron chi connectivity index (χ0n) is 12.8. The Morgan fingerprint density at radius 1 is 1.41 bits per heavy atom. The lowest BCUT2D eigenvalue weighted by Crippen LogP contribution is -2.51. The molecule has 5 nitrogen and oxygen atoms in total. The summed E-state index contributed by atoms with van der Waals surface area (Å²) in [6.07, 6.45) is 4.03. The molecule has 2 rings (SSSR count). The van der Waals surface area contributed by atoms with E-state index in [1.807, 2.05) is 6.92 Å². The summed E-state index contributed by atoms with van der Waals surface area (Å²) in [5.74, 6) is -0.153. The molecule has 2 atom stereocenters. The topological polar surface area (TPSA) is 80.5 Å². The molecule has 1 aliphatic heterocycles. The van der Waals surface area contributed by atoms with E-state index in [0.29, 0.717) is 16.6 Å². The number of amides is 1. The lowest BCUT2D eigenvalue weighted by atomic mass is 9.96. The van der Waals surface area contributed by atoms with E-state index in [2.05, 4.69) is 15.9 Å². The molecule has 0 bridgehead atoms. The Bertz CT molecular complexity index is 673. The van der Waals surface area contributed by atoms with E-state index < -0.39 is 9.84 Å². The van der Waals surface area contributed by atoms with Crippen LogP contribution in [0.1, 0.15) is 36.5 Å². The van der Waals surface area contributed by atoms with Gasteiger partial charge in [0.2, 0.25) is 0 Å². The van der Waals surface area contributed by atoms with Crippen LogP contribution in [0.3, 0.4) is 0 Å². The van der Waals surface area contributed by atoms with Crippen LogP contribution in [-0.2, 0) is 9.84 Å². The fourth-order valence-corrected chi connectivity index (χ4v) is 4.73. The molecule has 0 aliphatic carbocycles. The van der Waals surface area contributed by atoms with Gasteiger partial charge in [0.25, 0.3) is 5.91 Å². The molecule has 0 aromatic heterocycles. The monoisotopic (exact) mass is 388 g/mol. The second-order valence-electron chi connectivity index (χ2n) is 5.84. The predicted octanol–water partition coefficient (Wildman–Crippen LogP) is 2.19. The summed E-state index contributed by atoms with van der Waals surface area (Å²) in [7, 11) is -3.39. The Kier molecular flexibility index (Phi) is 5.29. The molecule has 1 saturated heterocycles. The van der Waals surface area contributed by atoms with Crippen molar-refractivity contribution in [2.75, 3.05) is 12.8 Å². The third kappa shape index (κ3) is 3.70. The third-order valence-electron chi connectivity index (χ3n) is 3.99. The van der Waals surface area contributed by atoms with Crippen molar-refractivity contribution in [2.45, 2.75) is 43.2 Å². The number of carbonyl (C=O) groups excluding carboxylic acids is 1. The Morgan fingerprint density at radius 3 is 2.68 bits per heavy atom. The first kappa shape index (κ1) is 17.4. The molecule has 1 aliphatic rings. The van der Waals surface area contributed by atoms with Crippen LogP contribution in [0.2, 0.25) is 0 Å². The lowest BCUT2D eigenvalue weighted by Gasteiger charge is -2.38. The first-order valence-electron chi connectivity index (χ1n) is 7.28. The Morgan fingerprint density at radius 2 is 2.09 bits per heavy atom. The third-order valence-corrected chi connectivity index (χ3v) is 6.09. The van der Waals surface area contributed by atoms with Gasteiger partial charge >= 0.3 is 0 Å². The fraction of sp³-hybridized carbons (Fsp3) is 0.533. The minimum absolute atomic E-state index is 0.00609. The molecule has 22 heavy (non-hydrogen) atoms. The van der Waals surface area contributed by atoms with Crippen LogP contribution in [0.5, 0.6) is 0 Å². The highest BCUT2D eigenvalue weighted by molar-refractivity contribution is 9.10. The maximum atomic E-state index is 12.8. The van der Waals surface area contributed by atoms with Crippen LogP contribution in [0, 0.1) is 0 Å². The van der Waals surface area contributed by atoms with Gasteiger partial charge in [0.15, 0.2) is 9.84 Å². The van der Waals surface area contributed by atoms with Crippen molar-refractivity contribution in [1.29, 1.82) is 0 Å². The second kappa shape index (κ2) is 6.68. The molecule has 1 heterocycles. The molecule has 0 radical (unpaired) electrons. The van der Waals surface area contributed by atoms with Crippen LogP contribution in [0.15, 0.2) is 27.6 Å². The SMILES string of the molecule is C[C@H](N)[C@H]1CCCCN1C(=O)c1ccc(Br)c(S(C)(=O)=O)c1. The Labute approximate surface area is 139 Å². The second-order valence-corrected chi connectivity index (χ2v) is 8.68. The summed E-state index contributed by atoms with van der Waals surface area (Å²) in [4.78, 5) is 14.7. The van der Waals surface area contributed by atoms with Gasteiger partial charge in [-0.1, -0.05) is 0 Å². The van der Waals surface area contributed by atoms with Gasteiger partial charge in [0.1, 0.15) is 0 Å². The number of sulfone groups is 1. The highest BCUT2D eigenvalue weighted by Crippen LogP contribution is 2.26. The van der Waals surface area contributed by atoms with Gasteiger partial charge < -0.3 is 10.6 Å². The predicted molar refractivity (Wildman–Crippen MR) is 89.6 cm³/mol. The number of nitrogens with zero attached hydrogens (tertiary/aromatic N) is 1. The Hall–Kier alpha value is -0.920. The van der Waals surface area contributed by atoms with Gasteiger partial charge in [-0.15, -0.1) is 0 Å². The van der Waals surface area contributed by atoms with Crippen LogP contribution < -0.4 is 5.73 Å². The molecule has 7 heteroatoms. The number of halogens is 1. The normalized spacial score (nSPS) is 20.7. The molecule has 1 amide bonds. The minimum atomic E-state index is -3.39. The number of hydrogen-bond acceptors (Lipinski definition) is 4. The van der Waals surface area contributed by atoms with E-state index in [9.17, 15) is 13.2 Å². The van der Waals surface area contributed by atoms with Crippen molar-refractivity contribution >= 4 is 31.7 Å². The molecule has 0 unspecified atom stereocenters. The first-order valence-corrected chi connectivity index (χ1v) is 9.96. The number of carbonyl (C=O) groups is 1. The van der Waals surface area contributed by atoms with Crippen LogP contribution in [-0.4, -0.2) is 44.1 Å². The smallest absolute Gasteiger partial charge is 0.254 e. The van der Waals surface area contributed by atoms with E-state index in [-0.39, 0.29) is 22.9 Å². The van der Waals surface area contributed by atoms with Gasteiger partial charge in [-0.25, -0.2) is 8.42 Å². The van der Waals surface area contributed by atoms with E-state index in [0.717, 1.165) is 25.5 Å². The minimum Gasteiger partial charge on any atom is -0.334 e. The summed E-state index contributed by atoms with van der Waals surface area (Å²) in [5.41, 5.74) is 6.38. The number of nitrogens with two attached hydrogens (primary N) is 1. The number of benzene rings is 1. The van der Waals surface area contributed by atoms with Crippen LogP contribution >= 0.6 is 15.9 Å². The lowest BCUT2D eigenvalue weighted by molar-refractivity contribution is 0.0583. The molecule has 0 spiro atoms. The largest absolute Gasteiger partial charge is 0.334 e. The van der Waals surface area contributed by atoms with Gasteiger partial charge in [-0.3, -0.25) is 4.79 Å². The van der Waals surface area contributed by atoms with E-state index in [1.165, 1.54) is 6.07 Å². The highest BCUT2D eigenvalue weighted by Gasteiger charge is 2.30. The first-order chi connectivity index (χ1) is 10.2. The average molecular weight is 389 g/mol. The van der Waals surface area contributed by atoms with Crippen molar-refractivity contribution in [3.63, 3.8) is 0 Å².